The van der Waals surface area contributed by atoms with E-state index in [4.69, 9.17) is 0 Å². The zero-order valence-corrected chi connectivity index (χ0v) is 13.8. The van der Waals surface area contributed by atoms with Gasteiger partial charge in [0.15, 0.2) is 0 Å². The van der Waals surface area contributed by atoms with E-state index in [2.05, 4.69) is 26.8 Å². The van der Waals surface area contributed by atoms with E-state index in [0.29, 0.717) is 5.41 Å². The zero-order valence-electron chi connectivity index (χ0n) is 13.8. The third-order valence-electron chi connectivity index (χ3n) is 8.12. The summed E-state index contributed by atoms with van der Waals surface area (Å²) in [6.07, 6.45) is 16.2. The topological polar surface area (TPSA) is 0 Å². The molecule has 0 aromatic heterocycles. The number of allylic oxidation sites excluding steroid dienone is 2. The molecular weight excluding hydrogens is 240 g/mol. The van der Waals surface area contributed by atoms with Gasteiger partial charge in [0, 0.05) is 0 Å². The first kappa shape index (κ1) is 13.4. The lowest BCUT2D eigenvalue weighted by molar-refractivity contribution is -0.0377. The molecule has 3 saturated carbocycles. The van der Waals surface area contributed by atoms with Crippen molar-refractivity contribution < 1.29 is 0 Å². The van der Waals surface area contributed by atoms with Crippen molar-refractivity contribution in [3.63, 3.8) is 0 Å². The van der Waals surface area contributed by atoms with Crippen molar-refractivity contribution in [2.24, 2.45) is 34.5 Å². The van der Waals surface area contributed by atoms with E-state index >= 15 is 0 Å². The number of fused-ring (bicyclic) bond motifs is 5. The molecule has 3 fully saturated rings. The van der Waals surface area contributed by atoms with Gasteiger partial charge in [-0.2, -0.15) is 0 Å². The van der Waals surface area contributed by atoms with Gasteiger partial charge in [0.1, 0.15) is 0 Å². The normalized spacial score (nSPS) is 54.6. The van der Waals surface area contributed by atoms with Crippen LogP contribution in [0.2, 0.25) is 0 Å². The van der Waals surface area contributed by atoms with Gasteiger partial charge in [-0.05, 0) is 85.9 Å². The van der Waals surface area contributed by atoms with Crippen LogP contribution < -0.4 is 0 Å². The summed E-state index contributed by atoms with van der Waals surface area (Å²) in [5, 5.41) is 0. The highest BCUT2D eigenvalue weighted by Crippen LogP contribution is 2.65. The van der Waals surface area contributed by atoms with E-state index in [1.54, 1.807) is 6.42 Å². The van der Waals surface area contributed by atoms with E-state index in [-0.39, 0.29) is 0 Å². The Kier molecular flexibility index (Phi) is 2.93. The van der Waals surface area contributed by atoms with Crippen molar-refractivity contribution in [1.82, 2.24) is 0 Å². The van der Waals surface area contributed by atoms with Crippen LogP contribution in [0.3, 0.4) is 0 Å². The van der Waals surface area contributed by atoms with Crippen LogP contribution in [-0.2, 0) is 0 Å². The molecule has 0 radical (unpaired) electrons. The van der Waals surface area contributed by atoms with Crippen molar-refractivity contribution in [3.8, 4) is 0 Å². The fourth-order valence-electron chi connectivity index (χ4n) is 6.89. The summed E-state index contributed by atoms with van der Waals surface area (Å²) >= 11 is 0. The molecule has 6 atom stereocenters. The Morgan fingerprint density at radius 2 is 1.80 bits per heavy atom. The summed E-state index contributed by atoms with van der Waals surface area (Å²) in [5.74, 6) is 3.99. The predicted molar refractivity (Wildman–Crippen MR) is 85.5 cm³/mol. The molecule has 20 heavy (non-hydrogen) atoms. The Balaban J connectivity index is 1.68. The number of rotatable bonds is 0. The van der Waals surface area contributed by atoms with Gasteiger partial charge in [-0.15, -0.1) is 0 Å². The first-order chi connectivity index (χ1) is 9.53. The molecule has 0 aromatic carbocycles. The number of hydrogen-bond acceptors (Lipinski definition) is 0. The molecule has 0 aliphatic heterocycles. The Bertz CT molecular complexity index is 433. The first-order valence-electron chi connectivity index (χ1n) is 9.24. The molecule has 112 valence electrons. The lowest BCUT2D eigenvalue weighted by Crippen LogP contribution is -2.49. The van der Waals surface area contributed by atoms with Gasteiger partial charge >= 0.3 is 0 Å². The van der Waals surface area contributed by atoms with Gasteiger partial charge in [0.05, 0.1) is 0 Å². The molecule has 0 nitrogen and oxygen atoms in total. The third kappa shape index (κ3) is 1.72. The maximum absolute atomic E-state index is 2.67. The molecule has 4 rings (SSSR count). The lowest BCUT2D eigenvalue weighted by Gasteiger charge is -2.58. The van der Waals surface area contributed by atoms with Gasteiger partial charge in [0.25, 0.3) is 0 Å². The van der Waals surface area contributed by atoms with E-state index in [9.17, 15) is 0 Å². The quantitative estimate of drug-likeness (QED) is 0.476. The first-order valence-corrected chi connectivity index (χ1v) is 9.24. The molecular formula is C20H32. The van der Waals surface area contributed by atoms with Gasteiger partial charge in [0.2, 0.25) is 0 Å². The minimum atomic E-state index is 0.583. The van der Waals surface area contributed by atoms with Crippen LogP contribution in [0.1, 0.15) is 78.6 Å². The lowest BCUT2D eigenvalue weighted by atomic mass is 9.47. The van der Waals surface area contributed by atoms with Gasteiger partial charge in [-0.3, -0.25) is 0 Å². The molecule has 4 aliphatic rings. The maximum atomic E-state index is 2.67. The number of hydrogen-bond donors (Lipinski definition) is 0. The van der Waals surface area contributed by atoms with E-state index in [0.717, 1.165) is 29.1 Å². The third-order valence-corrected chi connectivity index (χ3v) is 8.12. The summed E-state index contributed by atoms with van der Waals surface area (Å²) < 4.78 is 0. The van der Waals surface area contributed by atoms with E-state index in [1.165, 1.54) is 51.4 Å². The minimum Gasteiger partial charge on any atom is -0.0819 e. The fourth-order valence-corrected chi connectivity index (χ4v) is 6.89. The van der Waals surface area contributed by atoms with Crippen LogP contribution in [0.4, 0.5) is 0 Å². The van der Waals surface area contributed by atoms with Crippen LogP contribution in [0, 0.1) is 34.5 Å². The van der Waals surface area contributed by atoms with Gasteiger partial charge < -0.3 is 0 Å². The summed E-state index contributed by atoms with van der Waals surface area (Å²) in [6.45, 7) is 7.68. The highest BCUT2D eigenvalue weighted by molar-refractivity contribution is 5.24. The molecule has 0 aromatic rings. The summed E-state index contributed by atoms with van der Waals surface area (Å²) in [5.41, 5.74) is 3.17. The highest BCUT2D eigenvalue weighted by atomic mass is 14.6. The van der Waals surface area contributed by atoms with Crippen LogP contribution in [0.25, 0.3) is 0 Å². The maximum Gasteiger partial charge on any atom is -0.00851 e. The van der Waals surface area contributed by atoms with Crippen molar-refractivity contribution in [3.05, 3.63) is 11.6 Å². The summed E-state index contributed by atoms with van der Waals surface area (Å²) in [6, 6.07) is 0. The van der Waals surface area contributed by atoms with Gasteiger partial charge in [-0.1, -0.05) is 38.8 Å². The molecule has 0 amide bonds. The van der Waals surface area contributed by atoms with E-state index in [1.807, 2.05) is 5.57 Å². The predicted octanol–water partition coefficient (Wildman–Crippen LogP) is 5.98. The minimum absolute atomic E-state index is 0.583. The van der Waals surface area contributed by atoms with Gasteiger partial charge in [-0.25, -0.2) is 0 Å². The molecule has 0 spiro atoms. The molecule has 0 N–H and O–H groups in total. The largest absolute Gasteiger partial charge is 0.0819 e. The Morgan fingerprint density at radius 1 is 0.950 bits per heavy atom. The molecule has 0 heteroatoms. The molecule has 0 bridgehead atoms. The summed E-state index contributed by atoms with van der Waals surface area (Å²) in [4.78, 5) is 0. The molecule has 4 aliphatic carbocycles. The van der Waals surface area contributed by atoms with Crippen molar-refractivity contribution in [2.75, 3.05) is 0 Å². The zero-order chi connectivity index (χ0) is 14.0. The monoisotopic (exact) mass is 272 g/mol. The second-order valence-electron chi connectivity index (χ2n) is 9.13. The van der Waals surface area contributed by atoms with Crippen LogP contribution in [-0.4, -0.2) is 0 Å². The van der Waals surface area contributed by atoms with Crippen LogP contribution in [0.15, 0.2) is 11.6 Å². The van der Waals surface area contributed by atoms with Crippen molar-refractivity contribution in [1.29, 1.82) is 0 Å². The van der Waals surface area contributed by atoms with Crippen molar-refractivity contribution in [2.45, 2.75) is 78.6 Å². The second-order valence-corrected chi connectivity index (χ2v) is 9.13. The van der Waals surface area contributed by atoms with Crippen LogP contribution in [0.5, 0.6) is 0 Å². The summed E-state index contributed by atoms with van der Waals surface area (Å²) in [7, 11) is 0. The average molecular weight is 272 g/mol. The molecule has 0 heterocycles. The van der Waals surface area contributed by atoms with Crippen LogP contribution >= 0.6 is 0 Å². The molecule has 6 unspecified atom stereocenters. The Morgan fingerprint density at radius 3 is 2.65 bits per heavy atom. The fraction of sp³-hybridized carbons (Fsp3) is 0.900. The van der Waals surface area contributed by atoms with E-state index < -0.39 is 0 Å². The Labute approximate surface area is 125 Å². The molecule has 0 saturated heterocycles. The standard InChI is InChI=1S/C20H32/c1-14-8-12-20(3)15(13-14)6-7-16-17-5-4-10-19(17,2)11-9-18(16)20/h13-14,16-18H,4-12H2,1-3H3. The van der Waals surface area contributed by atoms with Crippen molar-refractivity contribution >= 4 is 0 Å². The Hall–Kier alpha value is -0.260. The smallest absolute Gasteiger partial charge is 0.00851 e. The SMILES string of the molecule is CC1C=C2CCC3C4CCCC4(C)CCC3C2(C)CC1. The highest BCUT2D eigenvalue weighted by Gasteiger charge is 2.55. The second kappa shape index (κ2) is 4.37. The average Bonchev–Trinajstić information content (AvgIpc) is 2.81.